The van der Waals surface area contributed by atoms with Crippen molar-refractivity contribution < 1.29 is 19.4 Å². The predicted molar refractivity (Wildman–Crippen MR) is 102 cm³/mol. The molecule has 3 N–H and O–H groups in total. The number of aliphatic carboxylic acids is 1. The molecule has 0 unspecified atom stereocenters. The molecule has 0 radical (unpaired) electrons. The number of carboxylic acid groups (broad SMARTS) is 1. The zero-order valence-electron chi connectivity index (χ0n) is 15.1. The Morgan fingerprint density at radius 3 is 2.52 bits per heavy atom. The highest BCUT2D eigenvalue weighted by Crippen LogP contribution is 2.21. The first-order valence-electron chi connectivity index (χ1n) is 8.79. The van der Waals surface area contributed by atoms with Gasteiger partial charge < -0.3 is 19.9 Å². The molecule has 0 bridgehead atoms. The molecule has 0 spiro atoms. The molecule has 140 valence electrons. The fraction of sp³-hybridized carbons (Fsp3) is 0.238. The number of nitrogens with one attached hydrogen (secondary N) is 1. The zero-order valence-corrected chi connectivity index (χ0v) is 15.1. The summed E-state index contributed by atoms with van der Waals surface area (Å²) in [5.41, 5.74) is 2.57. The van der Waals surface area contributed by atoms with Crippen LogP contribution in [0.15, 0.2) is 59.0 Å². The summed E-state index contributed by atoms with van der Waals surface area (Å²) in [5, 5.41) is 21.8. The van der Waals surface area contributed by atoms with Gasteiger partial charge in [0.05, 0.1) is 5.69 Å². The molecule has 6 nitrogen and oxygen atoms in total. The molecule has 3 rings (SSSR count). The van der Waals surface area contributed by atoms with Gasteiger partial charge in [-0.2, -0.15) is 0 Å². The molecule has 6 heteroatoms. The molecule has 2 aromatic carbocycles. The Morgan fingerprint density at radius 1 is 1.15 bits per heavy atom. The minimum absolute atomic E-state index is 0.161. The monoisotopic (exact) mass is 366 g/mol. The summed E-state index contributed by atoms with van der Waals surface area (Å²) in [6.07, 6.45) is 0.907. The Labute approximate surface area is 157 Å². The van der Waals surface area contributed by atoms with Crippen LogP contribution < -0.4 is 5.32 Å². The van der Waals surface area contributed by atoms with E-state index in [9.17, 15) is 15.0 Å². The van der Waals surface area contributed by atoms with Gasteiger partial charge in [-0.05, 0) is 43.2 Å². The number of aryl methyl sites for hydroxylation is 1. The molecule has 0 saturated heterocycles. The van der Waals surface area contributed by atoms with E-state index in [0.29, 0.717) is 25.3 Å². The second-order valence-electron chi connectivity index (χ2n) is 6.35. The maximum Gasteiger partial charge on any atom is 0.321 e. The molecule has 27 heavy (non-hydrogen) atoms. The van der Waals surface area contributed by atoms with Crippen molar-refractivity contribution in [1.82, 2.24) is 10.3 Å². The summed E-state index contributed by atoms with van der Waals surface area (Å²) in [7, 11) is 0. The van der Waals surface area contributed by atoms with Crippen LogP contribution in [0.5, 0.6) is 5.75 Å². The first-order chi connectivity index (χ1) is 13.0. The van der Waals surface area contributed by atoms with E-state index in [-0.39, 0.29) is 5.75 Å². The molecular formula is C21H22N2O4. The lowest BCUT2D eigenvalue weighted by Crippen LogP contribution is -2.39. The molecule has 0 aliphatic carbocycles. The average Bonchev–Trinajstić information content (AvgIpc) is 3.04. The quantitative estimate of drug-likeness (QED) is 0.567. The lowest BCUT2D eigenvalue weighted by molar-refractivity contribution is -0.139. The maximum absolute atomic E-state index is 11.5. The summed E-state index contributed by atoms with van der Waals surface area (Å²) < 4.78 is 5.73. The van der Waals surface area contributed by atoms with Gasteiger partial charge >= 0.3 is 5.97 Å². The van der Waals surface area contributed by atoms with Gasteiger partial charge in [0.25, 0.3) is 0 Å². The van der Waals surface area contributed by atoms with Gasteiger partial charge in [-0.25, -0.2) is 4.98 Å². The number of hydrogen-bond donors (Lipinski definition) is 3. The van der Waals surface area contributed by atoms with Crippen LogP contribution in [0.4, 0.5) is 0 Å². The second-order valence-corrected chi connectivity index (χ2v) is 6.35. The number of nitrogens with zero attached hydrogens (tertiary/aromatic N) is 1. The van der Waals surface area contributed by atoms with Crippen LogP contribution in [-0.2, 0) is 17.6 Å². The number of rotatable bonds is 8. The summed E-state index contributed by atoms with van der Waals surface area (Å²) in [4.78, 5) is 16.1. The van der Waals surface area contributed by atoms with Crippen molar-refractivity contribution in [2.75, 3.05) is 6.54 Å². The van der Waals surface area contributed by atoms with Crippen LogP contribution in [0.3, 0.4) is 0 Å². The first-order valence-corrected chi connectivity index (χ1v) is 8.79. The molecule has 0 fully saturated rings. The van der Waals surface area contributed by atoms with Crippen LogP contribution in [0.25, 0.3) is 11.5 Å². The van der Waals surface area contributed by atoms with Crippen molar-refractivity contribution in [2.24, 2.45) is 0 Å². The number of oxazole rings is 1. The number of hydrogen-bond acceptors (Lipinski definition) is 5. The van der Waals surface area contributed by atoms with Gasteiger partial charge in [0.15, 0.2) is 0 Å². The molecule has 1 aromatic heterocycles. The largest absolute Gasteiger partial charge is 0.508 e. The van der Waals surface area contributed by atoms with Gasteiger partial charge in [0.1, 0.15) is 17.6 Å². The third-order valence-electron chi connectivity index (χ3n) is 4.34. The number of carboxylic acids is 1. The average molecular weight is 366 g/mol. The Bertz CT molecular complexity index is 888. The van der Waals surface area contributed by atoms with E-state index in [0.717, 1.165) is 22.6 Å². The van der Waals surface area contributed by atoms with E-state index in [2.05, 4.69) is 10.3 Å². The zero-order chi connectivity index (χ0) is 19.2. The molecule has 3 aromatic rings. The Morgan fingerprint density at radius 2 is 1.85 bits per heavy atom. The minimum atomic E-state index is -0.912. The number of phenolic OH excluding ortho intramolecular Hbond substituents is 1. The van der Waals surface area contributed by atoms with Crippen molar-refractivity contribution in [3.8, 4) is 17.2 Å². The minimum Gasteiger partial charge on any atom is -0.508 e. The number of aromatic nitrogens is 1. The lowest BCUT2D eigenvalue weighted by Gasteiger charge is -2.14. The van der Waals surface area contributed by atoms with E-state index in [4.69, 9.17) is 4.42 Å². The highest BCUT2D eigenvalue weighted by Gasteiger charge is 2.18. The third kappa shape index (κ3) is 4.95. The molecule has 0 amide bonds. The van der Waals surface area contributed by atoms with Gasteiger partial charge in [-0.15, -0.1) is 0 Å². The van der Waals surface area contributed by atoms with Crippen molar-refractivity contribution in [3.63, 3.8) is 0 Å². The molecule has 1 atom stereocenters. The van der Waals surface area contributed by atoms with Gasteiger partial charge in [-0.1, -0.05) is 30.3 Å². The van der Waals surface area contributed by atoms with Crippen LogP contribution >= 0.6 is 0 Å². The smallest absolute Gasteiger partial charge is 0.321 e. The SMILES string of the molecule is Cc1oc(-c2ccccc2)nc1CCN[C@@H](Cc1ccc(O)cc1)C(=O)O. The second kappa shape index (κ2) is 8.51. The Hall–Kier alpha value is -3.12. The van der Waals surface area contributed by atoms with Crippen LogP contribution in [-0.4, -0.2) is 33.8 Å². The highest BCUT2D eigenvalue weighted by molar-refractivity contribution is 5.73. The maximum atomic E-state index is 11.5. The number of aromatic hydroxyl groups is 1. The normalized spacial score (nSPS) is 12.0. The van der Waals surface area contributed by atoms with Gasteiger partial charge in [-0.3, -0.25) is 4.79 Å². The molecule has 0 saturated carbocycles. The molecule has 0 aliphatic rings. The standard InChI is InChI=1S/C21H22N2O4/c1-14-18(23-20(27-14)16-5-3-2-4-6-16)11-12-22-19(21(25)26)13-15-7-9-17(24)10-8-15/h2-10,19,22,24H,11-13H2,1H3,(H,25,26)/t19-/m0/s1. The van der Waals surface area contributed by atoms with Crippen molar-refractivity contribution in [3.05, 3.63) is 71.6 Å². The predicted octanol–water partition coefficient (Wildman–Crippen LogP) is 3.18. The number of carbonyl (C=O) groups is 1. The first kappa shape index (κ1) is 18.7. The van der Waals surface area contributed by atoms with E-state index in [1.54, 1.807) is 24.3 Å². The van der Waals surface area contributed by atoms with Crippen LogP contribution in [0.1, 0.15) is 17.0 Å². The van der Waals surface area contributed by atoms with Gasteiger partial charge in [0, 0.05) is 18.5 Å². The highest BCUT2D eigenvalue weighted by atomic mass is 16.4. The van der Waals surface area contributed by atoms with Gasteiger partial charge in [0.2, 0.25) is 5.89 Å². The molecule has 0 aliphatic heterocycles. The summed E-state index contributed by atoms with van der Waals surface area (Å²) >= 11 is 0. The summed E-state index contributed by atoms with van der Waals surface area (Å²) in [5.74, 6) is 0.558. The lowest BCUT2D eigenvalue weighted by atomic mass is 10.1. The van der Waals surface area contributed by atoms with E-state index < -0.39 is 12.0 Å². The summed E-state index contributed by atoms with van der Waals surface area (Å²) in [6.45, 7) is 2.33. The van der Waals surface area contributed by atoms with E-state index in [1.807, 2.05) is 37.3 Å². The van der Waals surface area contributed by atoms with E-state index >= 15 is 0 Å². The fourth-order valence-electron chi connectivity index (χ4n) is 2.84. The fourth-order valence-corrected chi connectivity index (χ4v) is 2.84. The van der Waals surface area contributed by atoms with Crippen molar-refractivity contribution >= 4 is 5.97 Å². The summed E-state index contributed by atoms with van der Waals surface area (Å²) in [6, 6.07) is 15.5. The molecule has 1 heterocycles. The number of benzene rings is 2. The van der Waals surface area contributed by atoms with Crippen molar-refractivity contribution in [1.29, 1.82) is 0 Å². The topological polar surface area (TPSA) is 95.6 Å². The Kier molecular flexibility index (Phi) is 5.88. The number of phenols is 1. The van der Waals surface area contributed by atoms with Crippen molar-refractivity contribution in [2.45, 2.75) is 25.8 Å². The third-order valence-corrected chi connectivity index (χ3v) is 4.34. The molecular weight excluding hydrogens is 344 g/mol. The Balaban J connectivity index is 1.59. The van der Waals surface area contributed by atoms with E-state index in [1.165, 1.54) is 0 Å². The van der Waals surface area contributed by atoms with Crippen LogP contribution in [0.2, 0.25) is 0 Å². The van der Waals surface area contributed by atoms with Crippen LogP contribution in [0, 0.1) is 6.92 Å².